The highest BCUT2D eigenvalue weighted by Gasteiger charge is 2.34. The Morgan fingerprint density at radius 3 is 2.76 bits per heavy atom. The molecular formula is C25H34N10O2. The van der Waals surface area contributed by atoms with Crippen LogP contribution in [0.1, 0.15) is 67.5 Å². The van der Waals surface area contributed by atoms with Crippen molar-refractivity contribution < 1.29 is 9.53 Å². The monoisotopic (exact) mass is 506 g/mol. The molecule has 3 aromatic heterocycles. The van der Waals surface area contributed by atoms with E-state index in [1.807, 2.05) is 13.1 Å². The number of aromatic amines is 1. The summed E-state index contributed by atoms with van der Waals surface area (Å²) in [7, 11) is 2.04. The van der Waals surface area contributed by atoms with Gasteiger partial charge in [-0.15, -0.1) is 5.10 Å². The molecule has 2 saturated carbocycles. The van der Waals surface area contributed by atoms with Crippen molar-refractivity contribution in [3.63, 3.8) is 0 Å². The van der Waals surface area contributed by atoms with Crippen LogP contribution in [0.5, 0.6) is 0 Å². The molecule has 1 saturated heterocycles. The molecule has 0 aromatic carbocycles. The number of anilines is 3. The summed E-state index contributed by atoms with van der Waals surface area (Å²) in [6.07, 6.45) is 9.62. The second-order valence-corrected chi connectivity index (χ2v) is 11.0. The highest BCUT2D eigenvalue weighted by atomic mass is 16.5. The number of carbonyl (C=O) groups excluding carboxylic acids is 1. The zero-order valence-corrected chi connectivity index (χ0v) is 21.4. The molecule has 1 aliphatic heterocycles. The minimum absolute atomic E-state index is 0.0731. The number of H-pyrrole nitrogens is 1. The van der Waals surface area contributed by atoms with Crippen LogP contribution in [0.15, 0.2) is 24.5 Å². The van der Waals surface area contributed by atoms with Crippen molar-refractivity contribution in [1.82, 2.24) is 40.5 Å². The Labute approximate surface area is 215 Å². The van der Waals surface area contributed by atoms with Gasteiger partial charge in [-0.3, -0.25) is 14.6 Å². The molecule has 1 amide bonds. The third-order valence-electron chi connectivity index (χ3n) is 7.63. The number of aromatic nitrogens is 7. The first kappa shape index (κ1) is 23.8. The fourth-order valence-corrected chi connectivity index (χ4v) is 5.17. The van der Waals surface area contributed by atoms with Crippen molar-refractivity contribution in [3.05, 3.63) is 35.9 Å². The fraction of sp³-hybridized carbons (Fsp3) is 0.600. The van der Waals surface area contributed by atoms with E-state index in [4.69, 9.17) is 9.72 Å². The predicted octanol–water partition coefficient (Wildman–Crippen LogP) is 2.63. The summed E-state index contributed by atoms with van der Waals surface area (Å²) >= 11 is 0. The van der Waals surface area contributed by atoms with Gasteiger partial charge < -0.3 is 20.3 Å². The average Bonchev–Trinajstić information content (AvgIpc) is 3.45. The molecule has 0 spiro atoms. The van der Waals surface area contributed by atoms with Crippen LogP contribution >= 0.6 is 0 Å². The van der Waals surface area contributed by atoms with E-state index in [9.17, 15) is 4.79 Å². The number of carbonyl (C=O) groups is 1. The lowest BCUT2D eigenvalue weighted by molar-refractivity contribution is -0.111. The van der Waals surface area contributed by atoms with Crippen LogP contribution in [0.2, 0.25) is 0 Å². The molecular weight excluding hydrogens is 472 g/mol. The van der Waals surface area contributed by atoms with Gasteiger partial charge in [0, 0.05) is 48.4 Å². The molecule has 12 nitrogen and oxygen atoms in total. The third-order valence-corrected chi connectivity index (χ3v) is 7.63. The summed E-state index contributed by atoms with van der Waals surface area (Å²) in [4.78, 5) is 24.1. The van der Waals surface area contributed by atoms with Crippen molar-refractivity contribution in [2.45, 2.75) is 70.0 Å². The Morgan fingerprint density at radius 2 is 2.03 bits per heavy atom. The van der Waals surface area contributed by atoms with Crippen LogP contribution in [0, 0.1) is 5.41 Å². The quantitative estimate of drug-likeness (QED) is 0.400. The maximum absolute atomic E-state index is 12.7. The number of hydrogen-bond donors (Lipinski definition) is 3. The minimum Gasteiger partial charge on any atom is -0.380 e. The van der Waals surface area contributed by atoms with E-state index in [-0.39, 0.29) is 17.4 Å². The Kier molecular flexibility index (Phi) is 6.27. The zero-order chi connectivity index (χ0) is 25.4. The Balaban J connectivity index is 0.995. The normalized spacial score (nSPS) is 22.8. The largest absolute Gasteiger partial charge is 0.380 e. The van der Waals surface area contributed by atoms with Crippen molar-refractivity contribution in [3.8, 4) is 0 Å². The summed E-state index contributed by atoms with van der Waals surface area (Å²) in [5, 5.41) is 22.1. The number of nitrogens with zero attached hydrogens (tertiary/aromatic N) is 7. The number of rotatable bonds is 9. The lowest BCUT2D eigenvalue weighted by atomic mass is 9.89. The highest BCUT2D eigenvalue weighted by molar-refractivity contribution is 5.92. The standard InChI is InChI=1S/C25H34N10O2/c1-25(14-37-15-25)13-35-12-20(31-33-35)23(36)27-17-5-7-18(8-6-17)34(2)24-26-10-9-21(29-24)28-22-11-19(30-32-22)16-3-4-16/h9-12,16-18H,3-8,13-15H2,1-2H3,(H,27,36)(H2,26,28,29,30,32). The average molecular weight is 507 g/mol. The van der Waals surface area contributed by atoms with Crippen LogP contribution in [0.25, 0.3) is 0 Å². The molecule has 37 heavy (non-hydrogen) atoms. The number of amides is 1. The van der Waals surface area contributed by atoms with Gasteiger partial charge in [0.25, 0.3) is 5.91 Å². The molecule has 0 unspecified atom stereocenters. The summed E-state index contributed by atoms with van der Waals surface area (Å²) in [5.74, 6) is 2.64. The Morgan fingerprint density at radius 1 is 1.22 bits per heavy atom. The van der Waals surface area contributed by atoms with Gasteiger partial charge in [-0.1, -0.05) is 12.1 Å². The first-order valence-corrected chi connectivity index (χ1v) is 13.1. The van der Waals surface area contributed by atoms with Gasteiger partial charge in [-0.2, -0.15) is 10.1 Å². The first-order valence-electron chi connectivity index (χ1n) is 13.1. The molecule has 0 radical (unpaired) electrons. The van der Waals surface area contributed by atoms with Gasteiger partial charge in [0.15, 0.2) is 11.5 Å². The maximum atomic E-state index is 12.7. The van der Waals surface area contributed by atoms with Gasteiger partial charge >= 0.3 is 0 Å². The van der Waals surface area contributed by atoms with E-state index in [1.54, 1.807) is 17.1 Å². The second kappa shape index (κ2) is 9.73. The molecule has 3 aliphatic rings. The topological polar surface area (TPSA) is 139 Å². The summed E-state index contributed by atoms with van der Waals surface area (Å²) in [6, 6.07) is 4.34. The van der Waals surface area contributed by atoms with Crippen LogP contribution in [0.3, 0.4) is 0 Å². The molecule has 0 atom stereocenters. The number of nitrogens with one attached hydrogen (secondary N) is 3. The molecule has 196 valence electrons. The SMILES string of the molecule is CN(c1nccc(Nc2cc(C3CC3)[nH]n2)n1)C1CCC(NC(=O)c2cn(CC3(C)COC3)nn2)CC1. The Bertz CT molecular complexity index is 1240. The molecule has 12 heteroatoms. The third kappa shape index (κ3) is 5.43. The molecule has 3 N–H and O–H groups in total. The van der Waals surface area contributed by atoms with Crippen LogP contribution in [-0.2, 0) is 11.3 Å². The second-order valence-electron chi connectivity index (χ2n) is 11.0. The summed E-state index contributed by atoms with van der Waals surface area (Å²) in [5.41, 5.74) is 1.62. The van der Waals surface area contributed by atoms with Crippen LogP contribution < -0.4 is 15.5 Å². The first-order chi connectivity index (χ1) is 17.9. The van der Waals surface area contributed by atoms with Crippen LogP contribution in [-0.4, -0.2) is 73.4 Å². The molecule has 6 rings (SSSR count). The van der Waals surface area contributed by atoms with Crippen molar-refractivity contribution in [1.29, 1.82) is 0 Å². The van der Waals surface area contributed by atoms with Crippen molar-refractivity contribution in [2.24, 2.45) is 5.41 Å². The zero-order valence-electron chi connectivity index (χ0n) is 21.4. The van der Waals surface area contributed by atoms with E-state index in [0.717, 1.165) is 37.3 Å². The van der Waals surface area contributed by atoms with E-state index >= 15 is 0 Å². The molecule has 0 bridgehead atoms. The fourth-order valence-electron chi connectivity index (χ4n) is 5.17. The number of hydrogen-bond acceptors (Lipinski definition) is 9. The molecule has 3 fully saturated rings. The van der Waals surface area contributed by atoms with E-state index in [1.165, 1.54) is 18.5 Å². The smallest absolute Gasteiger partial charge is 0.273 e. The van der Waals surface area contributed by atoms with Gasteiger partial charge in [0.2, 0.25) is 5.95 Å². The lowest BCUT2D eigenvalue weighted by Crippen LogP contribution is -2.43. The minimum atomic E-state index is -0.164. The highest BCUT2D eigenvalue weighted by Crippen LogP contribution is 2.39. The molecule has 2 aliphatic carbocycles. The summed E-state index contributed by atoms with van der Waals surface area (Å²) in [6.45, 7) is 4.27. The van der Waals surface area contributed by atoms with Gasteiger partial charge in [-0.05, 0) is 44.6 Å². The lowest BCUT2D eigenvalue weighted by Gasteiger charge is -2.37. The van der Waals surface area contributed by atoms with Crippen molar-refractivity contribution >= 4 is 23.5 Å². The van der Waals surface area contributed by atoms with E-state index < -0.39 is 0 Å². The van der Waals surface area contributed by atoms with Gasteiger partial charge in [0.05, 0.1) is 26.0 Å². The van der Waals surface area contributed by atoms with Crippen molar-refractivity contribution in [2.75, 3.05) is 30.5 Å². The van der Waals surface area contributed by atoms with Gasteiger partial charge in [-0.25, -0.2) is 4.98 Å². The Hall–Kier alpha value is -3.54. The number of ether oxygens (including phenoxy) is 1. The maximum Gasteiger partial charge on any atom is 0.273 e. The molecule has 3 aromatic rings. The van der Waals surface area contributed by atoms with Crippen LogP contribution in [0.4, 0.5) is 17.6 Å². The predicted molar refractivity (Wildman–Crippen MR) is 137 cm³/mol. The molecule has 4 heterocycles. The van der Waals surface area contributed by atoms with E-state index in [0.29, 0.717) is 43.4 Å². The van der Waals surface area contributed by atoms with E-state index in [2.05, 4.69) is 54.0 Å². The van der Waals surface area contributed by atoms with Gasteiger partial charge in [0.1, 0.15) is 5.82 Å². The summed E-state index contributed by atoms with van der Waals surface area (Å²) < 4.78 is 7.04.